The Hall–Kier alpha value is -2.51. The zero-order chi connectivity index (χ0) is 19.9. The van der Waals surface area contributed by atoms with Crippen molar-refractivity contribution in [3.63, 3.8) is 0 Å². The minimum Gasteiger partial charge on any atom is -0.351 e. The van der Waals surface area contributed by atoms with Crippen LogP contribution >= 0.6 is 0 Å². The normalized spacial score (nSPS) is 13.0. The van der Waals surface area contributed by atoms with E-state index in [1.807, 2.05) is 6.07 Å². The van der Waals surface area contributed by atoms with Gasteiger partial charge in [0.05, 0.1) is 0 Å². The van der Waals surface area contributed by atoms with Gasteiger partial charge in [-0.15, -0.1) is 0 Å². The summed E-state index contributed by atoms with van der Waals surface area (Å²) in [7, 11) is -3.80. The Kier molecular flexibility index (Phi) is 7.27. The van der Waals surface area contributed by atoms with Gasteiger partial charge in [-0.3, -0.25) is 4.79 Å². The van der Waals surface area contributed by atoms with Crippen molar-refractivity contribution in [2.24, 2.45) is 5.92 Å². The number of rotatable bonds is 8. The molecule has 144 valence electrons. The molecule has 2 N–H and O–H groups in total. The molecule has 0 bridgehead atoms. The Balaban J connectivity index is 2.01. The minimum absolute atomic E-state index is 0.184. The van der Waals surface area contributed by atoms with E-state index >= 15 is 0 Å². The molecule has 0 unspecified atom stereocenters. The molecule has 0 aliphatic heterocycles. The molecule has 7 heteroatoms. The maximum absolute atomic E-state index is 12.9. The lowest BCUT2D eigenvalue weighted by molar-refractivity contribution is -0.123. The summed E-state index contributed by atoms with van der Waals surface area (Å²) in [5, 5.41) is 3.73. The first-order valence-electron chi connectivity index (χ1n) is 8.54. The van der Waals surface area contributed by atoms with Gasteiger partial charge in [-0.2, -0.15) is 4.72 Å². The van der Waals surface area contributed by atoms with E-state index in [2.05, 4.69) is 10.0 Å². The molecule has 2 aromatic rings. The molecule has 27 heavy (non-hydrogen) atoms. The molecule has 1 atom stereocenters. The van der Waals surface area contributed by atoms with E-state index in [9.17, 15) is 17.6 Å². The van der Waals surface area contributed by atoms with Crippen LogP contribution in [0.4, 0.5) is 4.39 Å². The SMILES string of the molecule is CC(C)[C@@H](NS(=O)(=O)/C=C/c1ccccc1)C(=O)NCc1ccc(F)cc1. The van der Waals surface area contributed by atoms with Gasteiger partial charge in [0.25, 0.3) is 0 Å². The summed E-state index contributed by atoms with van der Waals surface area (Å²) in [5.41, 5.74) is 1.46. The predicted molar refractivity (Wildman–Crippen MR) is 104 cm³/mol. The number of amides is 1. The number of sulfonamides is 1. The number of carbonyl (C=O) groups is 1. The number of halogens is 1. The molecule has 5 nitrogen and oxygen atoms in total. The highest BCUT2D eigenvalue weighted by molar-refractivity contribution is 7.92. The molecule has 0 heterocycles. The molecule has 0 fully saturated rings. The fraction of sp³-hybridized carbons (Fsp3) is 0.250. The Morgan fingerprint density at radius 3 is 2.30 bits per heavy atom. The smallest absolute Gasteiger partial charge is 0.238 e. The third-order valence-electron chi connectivity index (χ3n) is 3.86. The highest BCUT2D eigenvalue weighted by atomic mass is 32.2. The Morgan fingerprint density at radius 2 is 1.70 bits per heavy atom. The van der Waals surface area contributed by atoms with Crippen LogP contribution in [0.1, 0.15) is 25.0 Å². The second-order valence-corrected chi connectivity index (χ2v) is 8.04. The maximum Gasteiger partial charge on any atom is 0.238 e. The first kappa shape index (κ1) is 20.8. The first-order chi connectivity index (χ1) is 12.8. The van der Waals surface area contributed by atoms with Crippen LogP contribution in [0, 0.1) is 11.7 Å². The summed E-state index contributed by atoms with van der Waals surface area (Å²) in [6, 6.07) is 13.8. The fourth-order valence-corrected chi connectivity index (χ4v) is 3.49. The number of benzene rings is 2. The second-order valence-electron chi connectivity index (χ2n) is 6.44. The van der Waals surface area contributed by atoms with Crippen LogP contribution in [0.3, 0.4) is 0 Å². The molecule has 1 amide bonds. The van der Waals surface area contributed by atoms with Crippen LogP contribution in [0.5, 0.6) is 0 Å². The summed E-state index contributed by atoms with van der Waals surface area (Å²) in [4.78, 5) is 12.4. The van der Waals surface area contributed by atoms with Gasteiger partial charge in [0.1, 0.15) is 11.9 Å². The van der Waals surface area contributed by atoms with Crippen molar-refractivity contribution in [1.82, 2.24) is 10.0 Å². The third kappa shape index (κ3) is 6.96. The van der Waals surface area contributed by atoms with Crippen molar-refractivity contribution in [2.45, 2.75) is 26.4 Å². The average molecular weight is 390 g/mol. The second kappa shape index (κ2) is 9.43. The monoisotopic (exact) mass is 390 g/mol. The Morgan fingerprint density at radius 1 is 1.07 bits per heavy atom. The lowest BCUT2D eigenvalue weighted by atomic mass is 10.0. The van der Waals surface area contributed by atoms with E-state index < -0.39 is 22.0 Å². The fourth-order valence-electron chi connectivity index (χ4n) is 2.34. The number of carbonyl (C=O) groups excluding carboxylic acids is 1. The highest BCUT2D eigenvalue weighted by Crippen LogP contribution is 2.08. The number of hydrogen-bond acceptors (Lipinski definition) is 3. The van der Waals surface area contributed by atoms with Gasteiger partial charge in [-0.05, 0) is 35.3 Å². The van der Waals surface area contributed by atoms with Gasteiger partial charge in [0.15, 0.2) is 0 Å². The van der Waals surface area contributed by atoms with Crippen LogP contribution in [-0.4, -0.2) is 20.4 Å². The first-order valence-corrected chi connectivity index (χ1v) is 10.1. The molecular weight excluding hydrogens is 367 g/mol. The summed E-state index contributed by atoms with van der Waals surface area (Å²) < 4.78 is 40.0. The standard InChI is InChI=1S/C20H23FN2O3S/c1-15(2)19(20(24)22-14-17-8-10-18(21)11-9-17)23-27(25,26)13-12-16-6-4-3-5-7-16/h3-13,15,19,23H,14H2,1-2H3,(H,22,24)/b13-12+/t19-/m1/s1. The minimum atomic E-state index is -3.80. The van der Waals surface area contributed by atoms with Gasteiger partial charge in [-0.25, -0.2) is 12.8 Å². The molecule has 0 aliphatic carbocycles. The molecule has 0 saturated heterocycles. The molecular formula is C20H23FN2O3S. The Bertz CT molecular complexity index is 879. The number of nitrogens with one attached hydrogen (secondary N) is 2. The molecule has 2 aromatic carbocycles. The van der Waals surface area contributed by atoms with Crippen molar-refractivity contribution in [3.8, 4) is 0 Å². The summed E-state index contributed by atoms with van der Waals surface area (Å²) in [6.45, 7) is 3.70. The van der Waals surface area contributed by atoms with Crippen molar-refractivity contribution in [2.75, 3.05) is 0 Å². The topological polar surface area (TPSA) is 75.3 Å². The quantitative estimate of drug-likeness (QED) is 0.727. The molecule has 0 aliphatic rings. The van der Waals surface area contributed by atoms with Gasteiger partial charge in [-0.1, -0.05) is 56.3 Å². The third-order valence-corrected chi connectivity index (χ3v) is 4.94. The molecule has 0 aromatic heterocycles. The van der Waals surface area contributed by atoms with Gasteiger partial charge >= 0.3 is 0 Å². The zero-order valence-electron chi connectivity index (χ0n) is 15.2. The van der Waals surface area contributed by atoms with Crippen molar-refractivity contribution in [1.29, 1.82) is 0 Å². The van der Waals surface area contributed by atoms with Crippen LogP contribution in [0.15, 0.2) is 60.0 Å². The lowest BCUT2D eigenvalue weighted by Gasteiger charge is -2.20. The van der Waals surface area contributed by atoms with E-state index in [4.69, 9.17) is 0 Å². The van der Waals surface area contributed by atoms with Crippen molar-refractivity contribution >= 4 is 22.0 Å². The van der Waals surface area contributed by atoms with Gasteiger partial charge in [0.2, 0.25) is 15.9 Å². The molecule has 0 radical (unpaired) electrons. The maximum atomic E-state index is 12.9. The average Bonchev–Trinajstić information content (AvgIpc) is 2.64. The van der Waals surface area contributed by atoms with E-state index in [0.717, 1.165) is 16.5 Å². The van der Waals surface area contributed by atoms with E-state index in [1.165, 1.54) is 18.2 Å². The largest absolute Gasteiger partial charge is 0.351 e. The van der Waals surface area contributed by atoms with Crippen LogP contribution in [0.25, 0.3) is 6.08 Å². The Labute approximate surface area is 159 Å². The summed E-state index contributed by atoms with van der Waals surface area (Å²) in [6.07, 6.45) is 1.47. The summed E-state index contributed by atoms with van der Waals surface area (Å²) in [5.74, 6) is -1.05. The molecule has 0 spiro atoms. The van der Waals surface area contributed by atoms with Crippen molar-refractivity contribution < 1.29 is 17.6 Å². The van der Waals surface area contributed by atoms with Crippen molar-refractivity contribution in [3.05, 3.63) is 76.9 Å². The van der Waals surface area contributed by atoms with Crippen LogP contribution < -0.4 is 10.0 Å². The van der Waals surface area contributed by atoms with E-state index in [1.54, 1.807) is 50.2 Å². The van der Waals surface area contributed by atoms with Crippen LogP contribution in [0.2, 0.25) is 0 Å². The predicted octanol–water partition coefficient (Wildman–Crippen LogP) is 3.06. The van der Waals surface area contributed by atoms with E-state index in [-0.39, 0.29) is 18.3 Å². The number of hydrogen-bond donors (Lipinski definition) is 2. The van der Waals surface area contributed by atoms with Crippen LogP contribution in [-0.2, 0) is 21.4 Å². The highest BCUT2D eigenvalue weighted by Gasteiger charge is 2.26. The van der Waals surface area contributed by atoms with Gasteiger partial charge < -0.3 is 5.32 Å². The molecule has 0 saturated carbocycles. The zero-order valence-corrected chi connectivity index (χ0v) is 16.0. The lowest BCUT2D eigenvalue weighted by Crippen LogP contribution is -2.48. The van der Waals surface area contributed by atoms with Gasteiger partial charge in [0, 0.05) is 12.0 Å². The van der Waals surface area contributed by atoms with E-state index in [0.29, 0.717) is 0 Å². The molecule has 2 rings (SSSR count). The summed E-state index contributed by atoms with van der Waals surface area (Å²) >= 11 is 0.